The van der Waals surface area contributed by atoms with Gasteiger partial charge < -0.3 is 15.2 Å². The number of ether oxygens (including phenoxy) is 1. The summed E-state index contributed by atoms with van der Waals surface area (Å²) in [5.41, 5.74) is 0.955. The lowest BCUT2D eigenvalue weighted by atomic mass is 10.1. The Labute approximate surface area is 140 Å². The average molecular weight is 327 g/mol. The molecule has 0 fully saturated rings. The van der Waals surface area contributed by atoms with Crippen molar-refractivity contribution < 1.29 is 9.84 Å². The van der Waals surface area contributed by atoms with Crippen molar-refractivity contribution in [1.29, 1.82) is 5.26 Å². The molecule has 0 bridgehead atoms. The predicted octanol–water partition coefficient (Wildman–Crippen LogP) is 0.688. The summed E-state index contributed by atoms with van der Waals surface area (Å²) in [6, 6.07) is 9.76. The highest BCUT2D eigenvalue weighted by atomic mass is 16.5. The van der Waals surface area contributed by atoms with Crippen molar-refractivity contribution in [2.75, 3.05) is 13.2 Å². The summed E-state index contributed by atoms with van der Waals surface area (Å²) in [4.78, 5) is 4.20. The Morgan fingerprint density at radius 2 is 2.25 bits per heavy atom. The van der Waals surface area contributed by atoms with Gasteiger partial charge in [-0.3, -0.25) is 0 Å². The van der Waals surface area contributed by atoms with E-state index in [0.29, 0.717) is 24.8 Å². The molecule has 2 heterocycles. The molecule has 24 heavy (non-hydrogen) atoms. The molecule has 0 radical (unpaired) electrons. The molecule has 0 saturated heterocycles. The molecule has 1 aliphatic heterocycles. The Balaban J connectivity index is 1.38. The Morgan fingerprint density at radius 1 is 1.42 bits per heavy atom. The summed E-state index contributed by atoms with van der Waals surface area (Å²) in [5, 5.41) is 26.3. The summed E-state index contributed by atoms with van der Waals surface area (Å²) in [7, 11) is 0. The van der Waals surface area contributed by atoms with E-state index < -0.39 is 6.10 Å². The largest absolute Gasteiger partial charge is 0.491 e. The van der Waals surface area contributed by atoms with E-state index in [4.69, 9.17) is 10.00 Å². The SMILES string of the molecule is N#CCc1ccc(OC[C@@H](O)CN[C@@H]2CCc3ncnn3C2)cc1. The first kappa shape index (κ1) is 16.4. The van der Waals surface area contributed by atoms with Gasteiger partial charge in [0.2, 0.25) is 0 Å². The van der Waals surface area contributed by atoms with Crippen LogP contribution in [0.2, 0.25) is 0 Å². The van der Waals surface area contributed by atoms with Crippen molar-refractivity contribution in [2.24, 2.45) is 0 Å². The monoisotopic (exact) mass is 327 g/mol. The molecular formula is C17H21N5O2. The van der Waals surface area contributed by atoms with Crippen LogP contribution in [0.25, 0.3) is 0 Å². The lowest BCUT2D eigenvalue weighted by Crippen LogP contribution is -2.42. The maximum absolute atomic E-state index is 10.1. The fourth-order valence-electron chi connectivity index (χ4n) is 2.75. The Morgan fingerprint density at radius 3 is 3.04 bits per heavy atom. The van der Waals surface area contributed by atoms with Gasteiger partial charge in [0, 0.05) is 19.0 Å². The maximum Gasteiger partial charge on any atom is 0.138 e. The molecule has 2 atom stereocenters. The van der Waals surface area contributed by atoms with Crippen LogP contribution in [-0.2, 0) is 19.4 Å². The van der Waals surface area contributed by atoms with E-state index in [-0.39, 0.29) is 6.61 Å². The van der Waals surface area contributed by atoms with Crippen LogP contribution in [0.1, 0.15) is 17.8 Å². The van der Waals surface area contributed by atoms with E-state index in [2.05, 4.69) is 21.5 Å². The Hall–Kier alpha value is -2.43. The lowest BCUT2D eigenvalue weighted by Gasteiger charge is -2.24. The summed E-state index contributed by atoms with van der Waals surface area (Å²) >= 11 is 0. The van der Waals surface area contributed by atoms with E-state index in [1.165, 1.54) is 0 Å². The van der Waals surface area contributed by atoms with E-state index >= 15 is 0 Å². The molecule has 2 aromatic rings. The normalized spacial score (nSPS) is 17.8. The van der Waals surface area contributed by atoms with Gasteiger partial charge in [-0.2, -0.15) is 10.4 Å². The smallest absolute Gasteiger partial charge is 0.138 e. The fourth-order valence-corrected chi connectivity index (χ4v) is 2.75. The number of benzene rings is 1. The lowest BCUT2D eigenvalue weighted by molar-refractivity contribution is 0.101. The van der Waals surface area contributed by atoms with Gasteiger partial charge in [0.25, 0.3) is 0 Å². The van der Waals surface area contributed by atoms with Crippen LogP contribution in [0.4, 0.5) is 0 Å². The second kappa shape index (κ2) is 7.90. The highest BCUT2D eigenvalue weighted by Gasteiger charge is 2.20. The third-order valence-corrected chi connectivity index (χ3v) is 4.10. The summed E-state index contributed by atoms with van der Waals surface area (Å²) < 4.78 is 7.49. The van der Waals surface area contributed by atoms with Crippen LogP contribution in [0.3, 0.4) is 0 Å². The zero-order valence-electron chi connectivity index (χ0n) is 13.4. The molecular weight excluding hydrogens is 306 g/mol. The first-order chi connectivity index (χ1) is 11.7. The second-order valence-electron chi connectivity index (χ2n) is 5.95. The number of aliphatic hydroxyl groups excluding tert-OH is 1. The number of nitrogens with one attached hydrogen (secondary N) is 1. The molecule has 1 aromatic carbocycles. The molecule has 0 unspecified atom stereocenters. The van der Waals surface area contributed by atoms with Gasteiger partial charge in [-0.05, 0) is 24.1 Å². The van der Waals surface area contributed by atoms with Crippen LogP contribution in [0.5, 0.6) is 5.75 Å². The number of aliphatic hydroxyl groups is 1. The fraction of sp³-hybridized carbons (Fsp3) is 0.471. The molecule has 0 saturated carbocycles. The zero-order chi connectivity index (χ0) is 16.8. The maximum atomic E-state index is 10.1. The van der Waals surface area contributed by atoms with Gasteiger partial charge in [-0.25, -0.2) is 9.67 Å². The van der Waals surface area contributed by atoms with E-state index in [1.807, 2.05) is 28.9 Å². The van der Waals surface area contributed by atoms with E-state index in [9.17, 15) is 5.11 Å². The Bertz CT molecular complexity index is 692. The zero-order valence-corrected chi connectivity index (χ0v) is 13.4. The van der Waals surface area contributed by atoms with Gasteiger partial charge in [0.15, 0.2) is 0 Å². The minimum atomic E-state index is -0.582. The van der Waals surface area contributed by atoms with Crippen molar-refractivity contribution in [3.8, 4) is 11.8 Å². The molecule has 0 spiro atoms. The van der Waals surface area contributed by atoms with Gasteiger partial charge in [0.1, 0.15) is 30.6 Å². The topological polar surface area (TPSA) is 96.0 Å². The molecule has 7 heteroatoms. The number of nitrogens with zero attached hydrogens (tertiary/aromatic N) is 4. The molecule has 7 nitrogen and oxygen atoms in total. The first-order valence-corrected chi connectivity index (χ1v) is 8.11. The molecule has 126 valence electrons. The number of hydrogen-bond donors (Lipinski definition) is 2. The molecule has 0 aliphatic carbocycles. The van der Waals surface area contributed by atoms with Crippen LogP contribution >= 0.6 is 0 Å². The van der Waals surface area contributed by atoms with Crippen molar-refractivity contribution in [2.45, 2.75) is 38.0 Å². The number of nitriles is 1. The molecule has 2 N–H and O–H groups in total. The van der Waals surface area contributed by atoms with Crippen molar-refractivity contribution in [3.63, 3.8) is 0 Å². The van der Waals surface area contributed by atoms with E-state index in [0.717, 1.165) is 30.8 Å². The summed E-state index contributed by atoms with van der Waals surface area (Å²) in [6.45, 7) is 1.48. The second-order valence-corrected chi connectivity index (χ2v) is 5.95. The number of fused-ring (bicyclic) bond motifs is 1. The number of rotatable bonds is 7. The number of hydrogen-bond acceptors (Lipinski definition) is 6. The van der Waals surface area contributed by atoms with E-state index in [1.54, 1.807) is 6.33 Å². The predicted molar refractivity (Wildman–Crippen MR) is 87.4 cm³/mol. The number of aromatic nitrogens is 3. The highest BCUT2D eigenvalue weighted by Crippen LogP contribution is 2.13. The third kappa shape index (κ3) is 4.31. The molecule has 1 aromatic heterocycles. The van der Waals surface area contributed by atoms with Crippen LogP contribution in [0, 0.1) is 11.3 Å². The standard InChI is InChI=1S/C17H21N5O2/c18-8-7-13-1-4-16(5-2-13)24-11-15(23)9-19-14-3-6-17-20-12-21-22(17)10-14/h1-2,4-5,12,14-15,19,23H,3,6-7,9-11H2/t14-,15+/m1/s1. The van der Waals surface area contributed by atoms with Crippen LogP contribution in [0.15, 0.2) is 30.6 Å². The highest BCUT2D eigenvalue weighted by molar-refractivity contribution is 5.28. The van der Waals surface area contributed by atoms with Crippen molar-refractivity contribution in [3.05, 3.63) is 42.0 Å². The number of aryl methyl sites for hydroxylation is 1. The quantitative estimate of drug-likeness (QED) is 0.777. The van der Waals surface area contributed by atoms with Gasteiger partial charge in [0.05, 0.1) is 19.0 Å². The molecule has 3 rings (SSSR count). The summed E-state index contributed by atoms with van der Waals surface area (Å²) in [6.07, 6.45) is 3.29. The van der Waals surface area contributed by atoms with Crippen molar-refractivity contribution >= 4 is 0 Å². The van der Waals surface area contributed by atoms with Gasteiger partial charge in [-0.15, -0.1) is 0 Å². The molecule has 1 aliphatic rings. The average Bonchev–Trinajstić information content (AvgIpc) is 3.07. The van der Waals surface area contributed by atoms with Crippen LogP contribution in [-0.4, -0.2) is 45.2 Å². The minimum Gasteiger partial charge on any atom is -0.491 e. The summed E-state index contributed by atoms with van der Waals surface area (Å²) in [5.74, 6) is 1.72. The Kier molecular flexibility index (Phi) is 5.41. The van der Waals surface area contributed by atoms with Gasteiger partial charge >= 0.3 is 0 Å². The van der Waals surface area contributed by atoms with Gasteiger partial charge in [-0.1, -0.05) is 12.1 Å². The first-order valence-electron chi connectivity index (χ1n) is 8.11. The van der Waals surface area contributed by atoms with Crippen molar-refractivity contribution in [1.82, 2.24) is 20.1 Å². The third-order valence-electron chi connectivity index (χ3n) is 4.10. The molecule has 0 amide bonds. The van der Waals surface area contributed by atoms with Crippen LogP contribution < -0.4 is 10.1 Å². The minimum absolute atomic E-state index is 0.228.